The summed E-state index contributed by atoms with van der Waals surface area (Å²) in [6.45, 7) is 0. The molecule has 0 heterocycles. The first-order valence-electron chi connectivity index (χ1n) is 26.2. The summed E-state index contributed by atoms with van der Waals surface area (Å²) in [6, 6.07) is 117. The first kappa shape index (κ1) is 47.8. The van der Waals surface area contributed by atoms with Gasteiger partial charge < -0.3 is 14.7 Å². The number of benzene rings is 12. The van der Waals surface area contributed by atoms with Crippen molar-refractivity contribution in [2.45, 2.75) is 0 Å². The second kappa shape index (κ2) is 22.5. The van der Waals surface area contributed by atoms with Crippen LogP contribution in [0.25, 0.3) is 45.0 Å². The highest BCUT2D eigenvalue weighted by Crippen LogP contribution is 2.41. The van der Waals surface area contributed by atoms with Gasteiger partial charge in [0.1, 0.15) is 0 Å². The van der Waals surface area contributed by atoms with Crippen LogP contribution >= 0.6 is 0 Å². The van der Waals surface area contributed by atoms with Crippen molar-refractivity contribution in [3.63, 3.8) is 0 Å². The molecule has 0 unspecified atom stereocenters. The smallest absolute Gasteiger partial charge is 0.0462 e. The minimum absolute atomic E-state index is 1.07. The van der Waals surface area contributed by atoms with E-state index in [1.54, 1.807) is 0 Å². The van der Waals surface area contributed by atoms with Crippen LogP contribution in [0.5, 0.6) is 0 Å². The second-order valence-electron chi connectivity index (χ2n) is 19.0. The summed E-state index contributed by atoms with van der Waals surface area (Å²) in [6.07, 6.45) is 2.29. The molecule has 0 aliphatic heterocycles. The van der Waals surface area contributed by atoms with E-state index in [0.29, 0.717) is 0 Å². The molecule has 12 rings (SSSR count). The first-order chi connectivity index (χ1) is 38.2. The van der Waals surface area contributed by atoms with Crippen LogP contribution < -0.4 is 14.7 Å². The number of hydrogen-bond acceptors (Lipinski definition) is 3. The van der Waals surface area contributed by atoms with E-state index in [0.717, 1.165) is 90.1 Å². The highest BCUT2D eigenvalue weighted by molar-refractivity contribution is 5.92. The van der Waals surface area contributed by atoms with Crippen LogP contribution in [0.1, 0.15) is 16.7 Å². The van der Waals surface area contributed by atoms with E-state index < -0.39 is 0 Å². The van der Waals surface area contributed by atoms with Crippen LogP contribution in [0.2, 0.25) is 0 Å². The minimum atomic E-state index is 1.07. The molecule has 0 aliphatic rings. The fraction of sp³-hybridized carbons (Fsp3) is 0. The van der Waals surface area contributed by atoms with Crippen LogP contribution in [-0.4, -0.2) is 0 Å². The number of para-hydroxylation sites is 5. The lowest BCUT2D eigenvalue weighted by Gasteiger charge is -2.26. The van der Waals surface area contributed by atoms with Crippen LogP contribution in [0.3, 0.4) is 0 Å². The van der Waals surface area contributed by atoms with Crippen molar-refractivity contribution >= 4 is 62.8 Å². The normalized spacial score (nSPS) is 10.9. The van der Waals surface area contributed by atoms with Gasteiger partial charge in [0.05, 0.1) is 0 Å². The van der Waals surface area contributed by atoms with Gasteiger partial charge in [0, 0.05) is 51.2 Å². The molecule has 12 aromatic carbocycles. The maximum absolute atomic E-state index is 2.33. The van der Waals surface area contributed by atoms with Gasteiger partial charge in [-0.1, -0.05) is 200 Å². The van der Waals surface area contributed by atoms with Crippen molar-refractivity contribution in [1.29, 1.82) is 0 Å². The van der Waals surface area contributed by atoms with Gasteiger partial charge in [-0.2, -0.15) is 0 Å². The molecule has 0 fully saturated rings. The molecule has 3 nitrogen and oxygen atoms in total. The van der Waals surface area contributed by atoms with E-state index in [2.05, 4.69) is 348 Å². The third-order valence-electron chi connectivity index (χ3n) is 14.0. The Bertz CT molecular complexity index is 3570. The van der Waals surface area contributed by atoms with E-state index in [1.807, 2.05) is 0 Å². The average molecular weight is 986 g/mol. The Kier molecular flexibility index (Phi) is 14.0. The van der Waals surface area contributed by atoms with E-state index in [4.69, 9.17) is 0 Å². The van der Waals surface area contributed by atoms with Gasteiger partial charge in [0.25, 0.3) is 0 Å². The Labute approximate surface area is 452 Å². The minimum Gasteiger partial charge on any atom is -0.311 e. The Morgan fingerprint density at radius 3 is 0.649 bits per heavy atom. The summed E-state index contributed by atoms with van der Waals surface area (Å²) in [5.41, 5.74) is 21.4. The summed E-state index contributed by atoms with van der Waals surface area (Å²) in [4.78, 5) is 6.95. The van der Waals surface area contributed by atoms with Crippen molar-refractivity contribution in [2.75, 3.05) is 14.7 Å². The topological polar surface area (TPSA) is 9.72 Å². The van der Waals surface area contributed by atoms with E-state index >= 15 is 0 Å². The molecule has 0 radical (unpaired) electrons. The van der Waals surface area contributed by atoms with Crippen molar-refractivity contribution in [2.24, 2.45) is 0 Å². The van der Waals surface area contributed by atoms with Crippen LogP contribution in [0, 0.1) is 0 Å². The van der Waals surface area contributed by atoms with Crippen LogP contribution in [-0.2, 0) is 0 Å². The highest BCUT2D eigenvalue weighted by atomic mass is 15.2. The second-order valence-corrected chi connectivity index (χ2v) is 19.0. The average Bonchev–Trinajstić information content (AvgIpc) is 3.51. The zero-order valence-electron chi connectivity index (χ0n) is 42.6. The molecule has 3 heteroatoms. The summed E-state index contributed by atoms with van der Waals surface area (Å²) < 4.78 is 0. The van der Waals surface area contributed by atoms with E-state index in [1.165, 1.54) is 16.7 Å². The maximum atomic E-state index is 2.33. The van der Waals surface area contributed by atoms with Crippen molar-refractivity contribution in [3.05, 3.63) is 344 Å². The highest BCUT2D eigenvalue weighted by Gasteiger charge is 2.17. The predicted octanol–water partition coefficient (Wildman–Crippen LogP) is 20.7. The molecular weight excluding hydrogens is 931 g/mol. The fourth-order valence-electron chi connectivity index (χ4n) is 10.2. The van der Waals surface area contributed by atoms with Crippen LogP contribution in [0.15, 0.2) is 328 Å². The lowest BCUT2D eigenvalue weighted by atomic mass is 9.93. The third kappa shape index (κ3) is 10.7. The molecule has 366 valence electrons. The largest absolute Gasteiger partial charge is 0.311 e. The molecule has 0 atom stereocenters. The molecule has 0 bridgehead atoms. The van der Waals surface area contributed by atoms with Crippen molar-refractivity contribution in [1.82, 2.24) is 0 Å². The lowest BCUT2D eigenvalue weighted by Crippen LogP contribution is -2.09. The quantitative estimate of drug-likeness (QED) is 0.0948. The van der Waals surface area contributed by atoms with Gasteiger partial charge >= 0.3 is 0 Å². The van der Waals surface area contributed by atoms with E-state index in [9.17, 15) is 0 Å². The van der Waals surface area contributed by atoms with Crippen molar-refractivity contribution < 1.29 is 0 Å². The molecule has 0 spiro atoms. The molecule has 12 aromatic rings. The van der Waals surface area contributed by atoms with Gasteiger partial charge in [-0.05, 0) is 189 Å². The Hall–Kier alpha value is -10.2. The number of hydrogen-bond donors (Lipinski definition) is 0. The zero-order valence-corrected chi connectivity index (χ0v) is 42.6. The van der Waals surface area contributed by atoms with Gasteiger partial charge in [-0.15, -0.1) is 0 Å². The molecule has 0 saturated heterocycles. The summed E-state index contributed by atoms with van der Waals surface area (Å²) >= 11 is 0. The van der Waals surface area contributed by atoms with E-state index in [-0.39, 0.29) is 0 Å². The molecule has 0 aromatic heterocycles. The Balaban J connectivity index is 0.913. The van der Waals surface area contributed by atoms with Gasteiger partial charge in [0.2, 0.25) is 0 Å². The first-order valence-corrected chi connectivity index (χ1v) is 26.2. The Morgan fingerprint density at radius 2 is 0.403 bits per heavy atom. The van der Waals surface area contributed by atoms with Crippen molar-refractivity contribution in [3.8, 4) is 33.4 Å². The monoisotopic (exact) mass is 985 g/mol. The Morgan fingerprint density at radius 1 is 0.195 bits per heavy atom. The molecule has 0 aliphatic carbocycles. The van der Waals surface area contributed by atoms with Gasteiger partial charge in [-0.25, -0.2) is 0 Å². The molecule has 0 amide bonds. The number of anilines is 9. The predicted molar refractivity (Wildman–Crippen MR) is 327 cm³/mol. The summed E-state index contributed by atoms with van der Waals surface area (Å²) in [7, 11) is 0. The SMILES string of the molecule is C(=C(c1ccccc1)c1ccccc1)c1ccc(N(c2ccccc2)c2ccc(-c3cc(-c4ccc(N(c5ccccc5)c5ccccc5)cc4)cc(-c4ccc(N(c5ccccc5)c5ccccc5)cc4)c3)cc2)cc1. The summed E-state index contributed by atoms with van der Waals surface area (Å²) in [5.74, 6) is 0. The fourth-order valence-corrected chi connectivity index (χ4v) is 10.2. The van der Waals surface area contributed by atoms with Gasteiger partial charge in [0.15, 0.2) is 0 Å². The standard InChI is InChI=1S/C74H55N3/c1-8-22-60(23-9-1)74(61-24-10-2-11-25-61)52-56-36-44-70(45-37-56)77(69-34-20-7-21-35-69)73-50-42-59(43-51-73)64-54-62(57-38-46-71(47-39-57)75(65-26-12-3-13-27-65)66-28-14-4-15-29-66)53-63(55-64)58-40-48-72(49-41-58)76(67-30-16-5-17-31-67)68-32-18-6-19-33-68/h1-55H. The number of nitrogens with zero attached hydrogens (tertiary/aromatic N) is 3. The van der Waals surface area contributed by atoms with Gasteiger partial charge in [-0.3, -0.25) is 0 Å². The molecule has 77 heavy (non-hydrogen) atoms. The lowest BCUT2D eigenvalue weighted by molar-refractivity contribution is 1.28. The zero-order chi connectivity index (χ0) is 51.6. The molecule has 0 N–H and O–H groups in total. The number of rotatable bonds is 15. The third-order valence-corrected chi connectivity index (χ3v) is 14.0. The summed E-state index contributed by atoms with van der Waals surface area (Å²) in [5, 5.41) is 0. The van der Waals surface area contributed by atoms with Crippen LogP contribution in [0.4, 0.5) is 51.2 Å². The molecular formula is C74H55N3. The maximum Gasteiger partial charge on any atom is 0.0462 e. The molecule has 0 saturated carbocycles.